The fraction of sp³-hybridized carbons (Fsp3) is 0.778. The molecular weight excluding hydrogens is 182 g/mol. The highest BCUT2D eigenvalue weighted by molar-refractivity contribution is 4.79. The molecule has 1 heterocycles. The average molecular weight is 197 g/mol. The van der Waals surface area contributed by atoms with Crippen LogP contribution in [0, 0.1) is 5.92 Å². The van der Waals surface area contributed by atoms with Crippen LogP contribution in [0.2, 0.25) is 0 Å². The number of aromatic nitrogens is 3. The van der Waals surface area contributed by atoms with Crippen molar-refractivity contribution in [2.24, 2.45) is 5.92 Å². The molecule has 1 aliphatic carbocycles. The number of aliphatic hydroxyl groups is 1. The summed E-state index contributed by atoms with van der Waals surface area (Å²) in [5.41, 5.74) is -0.127. The number of nitrogens with one attached hydrogen (secondary N) is 1. The molecule has 2 rings (SSSR count). The smallest absolute Gasteiger partial charge is 0.343 e. The average Bonchev–Trinajstić information content (AvgIpc) is 2.65. The van der Waals surface area contributed by atoms with E-state index in [9.17, 15) is 4.79 Å². The molecule has 0 bridgehead atoms. The Hall–Kier alpha value is -1.10. The second-order valence-corrected chi connectivity index (χ2v) is 3.93. The van der Waals surface area contributed by atoms with E-state index in [0.29, 0.717) is 5.92 Å². The summed E-state index contributed by atoms with van der Waals surface area (Å²) in [6.45, 7) is 0.271. The zero-order valence-electron chi connectivity index (χ0n) is 8.02. The molecule has 5 heteroatoms. The molecule has 0 saturated heterocycles. The molecule has 1 fully saturated rings. The van der Waals surface area contributed by atoms with Gasteiger partial charge >= 0.3 is 5.69 Å². The van der Waals surface area contributed by atoms with Gasteiger partial charge in [0.05, 0.1) is 0 Å². The molecule has 0 amide bonds. The predicted molar refractivity (Wildman–Crippen MR) is 50.9 cm³/mol. The molecule has 0 aliphatic heterocycles. The van der Waals surface area contributed by atoms with E-state index in [1.807, 2.05) is 0 Å². The van der Waals surface area contributed by atoms with Gasteiger partial charge in [0.25, 0.3) is 0 Å². The Morgan fingerprint density at radius 2 is 2.21 bits per heavy atom. The molecule has 1 aliphatic rings. The molecule has 1 saturated carbocycles. The van der Waals surface area contributed by atoms with E-state index in [1.54, 1.807) is 10.9 Å². The second kappa shape index (κ2) is 3.96. The monoisotopic (exact) mass is 197 g/mol. The first-order valence-corrected chi connectivity index (χ1v) is 5.03. The summed E-state index contributed by atoms with van der Waals surface area (Å²) in [6, 6.07) is 0.268. The number of H-pyrrole nitrogens is 1. The highest BCUT2D eigenvalue weighted by Gasteiger charge is 2.22. The summed E-state index contributed by atoms with van der Waals surface area (Å²) in [5.74, 6) is 0.425. The maximum atomic E-state index is 11.3. The lowest BCUT2D eigenvalue weighted by atomic mass is 9.86. The van der Waals surface area contributed by atoms with Gasteiger partial charge in [-0.2, -0.15) is 5.10 Å². The summed E-state index contributed by atoms with van der Waals surface area (Å²) in [4.78, 5) is 11.3. The Bertz CT molecular complexity index is 336. The molecule has 14 heavy (non-hydrogen) atoms. The summed E-state index contributed by atoms with van der Waals surface area (Å²) in [6.07, 6.45) is 5.49. The largest absolute Gasteiger partial charge is 0.396 e. The van der Waals surface area contributed by atoms with E-state index >= 15 is 0 Å². The second-order valence-electron chi connectivity index (χ2n) is 3.93. The van der Waals surface area contributed by atoms with Crippen LogP contribution in [0.3, 0.4) is 0 Å². The van der Waals surface area contributed by atoms with Gasteiger partial charge in [-0.15, -0.1) is 0 Å². The lowest BCUT2D eigenvalue weighted by Crippen LogP contribution is -2.26. The maximum absolute atomic E-state index is 11.3. The fourth-order valence-corrected chi connectivity index (χ4v) is 2.12. The van der Waals surface area contributed by atoms with Crippen molar-refractivity contribution in [3.63, 3.8) is 0 Å². The van der Waals surface area contributed by atoms with Crippen LogP contribution in [-0.2, 0) is 0 Å². The number of hydrogen-bond donors (Lipinski definition) is 2. The van der Waals surface area contributed by atoms with Crippen molar-refractivity contribution in [2.75, 3.05) is 6.61 Å². The minimum atomic E-state index is -0.127. The molecular formula is C9H15N3O2. The summed E-state index contributed by atoms with van der Waals surface area (Å²) < 4.78 is 1.66. The molecule has 2 N–H and O–H groups in total. The lowest BCUT2D eigenvalue weighted by molar-refractivity contribution is 0.168. The number of nitrogens with zero attached hydrogens (tertiary/aromatic N) is 2. The Morgan fingerprint density at radius 1 is 1.50 bits per heavy atom. The normalized spacial score (nSPS) is 27.8. The zero-order chi connectivity index (χ0) is 9.97. The van der Waals surface area contributed by atoms with Crippen molar-refractivity contribution in [3.8, 4) is 0 Å². The van der Waals surface area contributed by atoms with E-state index in [2.05, 4.69) is 10.2 Å². The third kappa shape index (κ3) is 1.72. The van der Waals surface area contributed by atoms with Gasteiger partial charge in [-0.25, -0.2) is 9.89 Å². The molecule has 1 aromatic rings. The van der Waals surface area contributed by atoms with Gasteiger partial charge in [-0.05, 0) is 31.6 Å². The number of aromatic amines is 1. The zero-order valence-corrected chi connectivity index (χ0v) is 8.02. The molecule has 0 aromatic carbocycles. The Kier molecular flexibility index (Phi) is 2.67. The molecule has 0 atom stereocenters. The predicted octanol–water partition coefficient (Wildman–Crippen LogP) is 0.295. The van der Waals surface area contributed by atoms with Gasteiger partial charge in [-0.1, -0.05) is 0 Å². The number of hydrogen-bond acceptors (Lipinski definition) is 3. The lowest BCUT2D eigenvalue weighted by Gasteiger charge is -2.27. The molecule has 78 valence electrons. The first-order valence-electron chi connectivity index (χ1n) is 5.03. The standard InChI is InChI=1S/C9H15N3O2/c13-5-7-1-3-8(4-2-7)12-6-10-11-9(12)14/h6-8,13H,1-5H2,(H,11,14). The van der Waals surface area contributed by atoms with Crippen molar-refractivity contribution in [3.05, 3.63) is 16.8 Å². The van der Waals surface area contributed by atoms with E-state index in [4.69, 9.17) is 5.11 Å². The number of rotatable bonds is 2. The molecule has 1 aromatic heterocycles. The third-order valence-electron chi connectivity index (χ3n) is 3.04. The van der Waals surface area contributed by atoms with Crippen LogP contribution in [0.1, 0.15) is 31.7 Å². The highest BCUT2D eigenvalue weighted by Crippen LogP contribution is 2.30. The van der Waals surface area contributed by atoms with Crippen molar-refractivity contribution >= 4 is 0 Å². The van der Waals surface area contributed by atoms with Gasteiger partial charge in [-0.3, -0.25) is 4.57 Å². The van der Waals surface area contributed by atoms with Crippen molar-refractivity contribution in [1.82, 2.24) is 14.8 Å². The minimum Gasteiger partial charge on any atom is -0.396 e. The minimum absolute atomic E-state index is 0.127. The van der Waals surface area contributed by atoms with Crippen LogP contribution in [0.15, 0.2) is 11.1 Å². The van der Waals surface area contributed by atoms with E-state index < -0.39 is 0 Å². The van der Waals surface area contributed by atoms with E-state index in [0.717, 1.165) is 25.7 Å². The van der Waals surface area contributed by atoms with Crippen LogP contribution in [0.25, 0.3) is 0 Å². The highest BCUT2D eigenvalue weighted by atomic mass is 16.3. The Labute approximate surface area is 81.8 Å². The van der Waals surface area contributed by atoms with Crippen LogP contribution >= 0.6 is 0 Å². The molecule has 0 radical (unpaired) electrons. The van der Waals surface area contributed by atoms with Gasteiger partial charge in [0.1, 0.15) is 6.33 Å². The van der Waals surface area contributed by atoms with Crippen molar-refractivity contribution < 1.29 is 5.11 Å². The topological polar surface area (TPSA) is 70.9 Å². The van der Waals surface area contributed by atoms with Crippen molar-refractivity contribution in [1.29, 1.82) is 0 Å². The SMILES string of the molecule is O=c1[nH]ncn1C1CCC(CO)CC1. The van der Waals surface area contributed by atoms with Crippen LogP contribution < -0.4 is 5.69 Å². The maximum Gasteiger partial charge on any atom is 0.343 e. The van der Waals surface area contributed by atoms with Gasteiger partial charge in [0.2, 0.25) is 0 Å². The van der Waals surface area contributed by atoms with Crippen LogP contribution in [-0.4, -0.2) is 26.5 Å². The summed E-state index contributed by atoms with van der Waals surface area (Å²) in [5, 5.41) is 15.1. The first kappa shape index (κ1) is 9.45. The van der Waals surface area contributed by atoms with Crippen LogP contribution in [0.4, 0.5) is 0 Å². The van der Waals surface area contributed by atoms with E-state index in [-0.39, 0.29) is 18.3 Å². The van der Waals surface area contributed by atoms with Crippen molar-refractivity contribution in [2.45, 2.75) is 31.7 Å². The van der Waals surface area contributed by atoms with Gasteiger partial charge < -0.3 is 5.11 Å². The molecule has 5 nitrogen and oxygen atoms in total. The van der Waals surface area contributed by atoms with E-state index in [1.165, 1.54) is 0 Å². The molecule has 0 spiro atoms. The third-order valence-corrected chi connectivity index (χ3v) is 3.04. The van der Waals surface area contributed by atoms with Gasteiger partial charge in [0.15, 0.2) is 0 Å². The Balaban J connectivity index is 2.02. The van der Waals surface area contributed by atoms with Gasteiger partial charge in [0, 0.05) is 12.6 Å². The summed E-state index contributed by atoms with van der Waals surface area (Å²) >= 11 is 0. The number of aliphatic hydroxyl groups excluding tert-OH is 1. The fourth-order valence-electron chi connectivity index (χ4n) is 2.12. The molecule has 0 unspecified atom stereocenters. The van der Waals surface area contributed by atoms with Crippen LogP contribution in [0.5, 0.6) is 0 Å². The Morgan fingerprint density at radius 3 is 2.71 bits per heavy atom. The quantitative estimate of drug-likeness (QED) is 0.716. The first-order chi connectivity index (χ1) is 6.81. The summed E-state index contributed by atoms with van der Waals surface area (Å²) in [7, 11) is 0.